The van der Waals surface area contributed by atoms with Gasteiger partial charge in [-0.05, 0) is 50.2 Å². The van der Waals surface area contributed by atoms with Crippen LogP contribution in [0.3, 0.4) is 0 Å². The van der Waals surface area contributed by atoms with Gasteiger partial charge in [0.15, 0.2) is 0 Å². The lowest BCUT2D eigenvalue weighted by molar-refractivity contribution is -0.173. The third kappa shape index (κ3) is 3.53. The van der Waals surface area contributed by atoms with E-state index in [0.29, 0.717) is 5.92 Å². The summed E-state index contributed by atoms with van der Waals surface area (Å²) < 4.78 is 6.59. The Morgan fingerprint density at radius 2 is 1.75 bits per heavy atom. The number of nitrogens with zero attached hydrogens (tertiary/aromatic N) is 1. The van der Waals surface area contributed by atoms with Gasteiger partial charge < -0.3 is 9.64 Å². The minimum atomic E-state index is -0.531. The molecule has 1 amide bonds. The highest BCUT2D eigenvalue weighted by Gasteiger charge is 2.57. The third-order valence-corrected chi connectivity index (χ3v) is 6.86. The number of rotatable bonds is 5. The van der Waals surface area contributed by atoms with Gasteiger partial charge in [0, 0.05) is 11.2 Å². The lowest BCUT2D eigenvalue weighted by Gasteiger charge is -2.46. The average molecular weight is 442 g/mol. The first-order valence-electron chi connectivity index (χ1n) is 10.2. The molecule has 2 fully saturated rings. The summed E-state index contributed by atoms with van der Waals surface area (Å²) in [4.78, 5) is 15.8. The molecular formula is C24H28BrNO2. The lowest BCUT2D eigenvalue weighted by atomic mass is 9.75. The molecule has 2 saturated heterocycles. The van der Waals surface area contributed by atoms with E-state index in [1.165, 1.54) is 5.56 Å². The number of benzene rings is 2. The zero-order chi connectivity index (χ0) is 19.7. The molecule has 0 N–H and O–H groups in total. The molecule has 2 aromatic rings. The quantitative estimate of drug-likeness (QED) is 0.584. The van der Waals surface area contributed by atoms with Gasteiger partial charge in [-0.25, -0.2) is 0 Å². The number of amides is 1. The highest BCUT2D eigenvalue weighted by Crippen LogP contribution is 2.50. The van der Waals surface area contributed by atoms with Crippen LogP contribution in [0.2, 0.25) is 0 Å². The molecule has 0 aromatic heterocycles. The van der Waals surface area contributed by atoms with E-state index in [2.05, 4.69) is 66.2 Å². The maximum absolute atomic E-state index is 13.7. The van der Waals surface area contributed by atoms with Crippen LogP contribution in [-0.4, -0.2) is 27.9 Å². The Morgan fingerprint density at radius 1 is 1.11 bits per heavy atom. The van der Waals surface area contributed by atoms with E-state index in [4.69, 9.17) is 4.74 Å². The van der Waals surface area contributed by atoms with Crippen molar-refractivity contribution < 1.29 is 9.53 Å². The molecule has 0 radical (unpaired) electrons. The molecule has 0 spiro atoms. The molecule has 2 aliphatic heterocycles. The predicted molar refractivity (Wildman–Crippen MR) is 115 cm³/mol. The Morgan fingerprint density at radius 3 is 2.39 bits per heavy atom. The van der Waals surface area contributed by atoms with E-state index in [-0.39, 0.29) is 24.0 Å². The van der Waals surface area contributed by atoms with Crippen molar-refractivity contribution in [1.82, 2.24) is 4.90 Å². The van der Waals surface area contributed by atoms with E-state index in [0.717, 1.165) is 30.2 Å². The SMILES string of the molecule is C[C@@H]1[C@H](c2ccccc2)O[C@@]2(C)C[C@@H](CCBr)[C@H](Cc3ccccc3)C(=O)N12. The van der Waals surface area contributed by atoms with Crippen LogP contribution in [-0.2, 0) is 16.0 Å². The van der Waals surface area contributed by atoms with Gasteiger partial charge >= 0.3 is 0 Å². The monoisotopic (exact) mass is 441 g/mol. The smallest absolute Gasteiger partial charge is 0.228 e. The fourth-order valence-electron chi connectivity index (χ4n) is 5.14. The van der Waals surface area contributed by atoms with E-state index in [1.54, 1.807) is 0 Å². The molecular weight excluding hydrogens is 414 g/mol. The molecule has 0 aliphatic carbocycles. The second-order valence-corrected chi connectivity index (χ2v) is 9.10. The largest absolute Gasteiger partial charge is 0.346 e. The second kappa shape index (κ2) is 8.00. The van der Waals surface area contributed by atoms with Crippen molar-refractivity contribution in [1.29, 1.82) is 0 Å². The Balaban J connectivity index is 1.64. The number of hydrogen-bond donors (Lipinski definition) is 0. The van der Waals surface area contributed by atoms with E-state index >= 15 is 0 Å². The number of piperidine rings is 1. The average Bonchev–Trinajstić information content (AvgIpc) is 2.97. The number of fused-ring (bicyclic) bond motifs is 1. The first-order valence-corrected chi connectivity index (χ1v) is 11.3. The number of ether oxygens (including phenoxy) is 1. The normalized spacial score (nSPS) is 32.4. The van der Waals surface area contributed by atoms with Crippen LogP contribution in [0.15, 0.2) is 60.7 Å². The Hall–Kier alpha value is -1.65. The Labute approximate surface area is 176 Å². The highest BCUT2D eigenvalue weighted by atomic mass is 79.9. The summed E-state index contributed by atoms with van der Waals surface area (Å²) in [5.74, 6) is 0.568. The van der Waals surface area contributed by atoms with Crippen molar-refractivity contribution in [2.24, 2.45) is 11.8 Å². The molecule has 4 rings (SSSR count). The van der Waals surface area contributed by atoms with Crippen LogP contribution < -0.4 is 0 Å². The van der Waals surface area contributed by atoms with Crippen molar-refractivity contribution in [2.75, 3.05) is 5.33 Å². The van der Waals surface area contributed by atoms with E-state index in [9.17, 15) is 4.79 Å². The molecule has 2 heterocycles. The number of hydrogen-bond acceptors (Lipinski definition) is 2. The molecule has 0 bridgehead atoms. The summed E-state index contributed by atoms with van der Waals surface area (Å²) >= 11 is 3.60. The van der Waals surface area contributed by atoms with Crippen LogP contribution in [0.4, 0.5) is 0 Å². The van der Waals surface area contributed by atoms with Gasteiger partial charge in [-0.2, -0.15) is 0 Å². The fraction of sp³-hybridized carbons (Fsp3) is 0.458. The molecule has 5 atom stereocenters. The maximum atomic E-state index is 13.7. The summed E-state index contributed by atoms with van der Waals surface area (Å²) in [5, 5.41) is 0.907. The lowest BCUT2D eigenvalue weighted by Crippen LogP contribution is -2.58. The number of halogens is 1. The molecule has 2 aromatic carbocycles. The molecule has 0 saturated carbocycles. The van der Waals surface area contributed by atoms with Gasteiger partial charge in [-0.3, -0.25) is 4.79 Å². The molecule has 0 unspecified atom stereocenters. The fourth-order valence-corrected chi connectivity index (χ4v) is 5.73. The maximum Gasteiger partial charge on any atom is 0.228 e. The first-order chi connectivity index (χ1) is 13.5. The number of carbonyl (C=O) groups is 1. The van der Waals surface area contributed by atoms with Gasteiger partial charge in [0.2, 0.25) is 5.91 Å². The summed E-state index contributed by atoms with van der Waals surface area (Å²) in [6.07, 6.45) is 2.60. The summed E-state index contributed by atoms with van der Waals surface area (Å²) in [5.41, 5.74) is 1.85. The molecule has 3 nitrogen and oxygen atoms in total. The standard InChI is InChI=1S/C24H28BrNO2/c1-17-22(19-11-7-4-8-12-19)28-24(2)16-20(13-14-25)21(23(27)26(17)24)15-18-9-5-3-6-10-18/h3-12,17,20-22H,13-16H2,1-2H3/t17-,20-,21+,22-,24+/m1/s1. The highest BCUT2D eigenvalue weighted by molar-refractivity contribution is 9.09. The minimum Gasteiger partial charge on any atom is -0.346 e. The van der Waals surface area contributed by atoms with Gasteiger partial charge in [0.1, 0.15) is 11.8 Å². The van der Waals surface area contributed by atoms with E-state index in [1.807, 2.05) is 29.2 Å². The number of carbonyl (C=O) groups excluding carboxylic acids is 1. The minimum absolute atomic E-state index is 0.00796. The summed E-state index contributed by atoms with van der Waals surface area (Å²) in [7, 11) is 0. The first kappa shape index (κ1) is 19.7. The van der Waals surface area contributed by atoms with Crippen molar-refractivity contribution in [3.05, 3.63) is 71.8 Å². The molecule has 148 valence electrons. The van der Waals surface area contributed by atoms with Crippen LogP contribution >= 0.6 is 15.9 Å². The second-order valence-electron chi connectivity index (χ2n) is 8.31. The topological polar surface area (TPSA) is 29.5 Å². The van der Waals surface area contributed by atoms with Crippen molar-refractivity contribution in [2.45, 2.75) is 51.0 Å². The summed E-state index contributed by atoms with van der Waals surface area (Å²) in [6.45, 7) is 4.23. The zero-order valence-corrected chi connectivity index (χ0v) is 18.1. The van der Waals surface area contributed by atoms with Crippen LogP contribution in [0.1, 0.15) is 43.9 Å². The van der Waals surface area contributed by atoms with Gasteiger partial charge in [-0.1, -0.05) is 76.6 Å². The van der Waals surface area contributed by atoms with Crippen molar-refractivity contribution in [3.63, 3.8) is 0 Å². The van der Waals surface area contributed by atoms with Gasteiger partial charge in [-0.15, -0.1) is 0 Å². The van der Waals surface area contributed by atoms with Crippen molar-refractivity contribution in [3.8, 4) is 0 Å². The van der Waals surface area contributed by atoms with Gasteiger partial charge in [0.25, 0.3) is 0 Å². The molecule has 4 heteroatoms. The predicted octanol–water partition coefficient (Wildman–Crippen LogP) is 5.36. The van der Waals surface area contributed by atoms with Crippen LogP contribution in [0.5, 0.6) is 0 Å². The Bertz CT molecular complexity index is 812. The zero-order valence-electron chi connectivity index (χ0n) is 16.6. The van der Waals surface area contributed by atoms with Crippen molar-refractivity contribution >= 4 is 21.8 Å². The van der Waals surface area contributed by atoms with Crippen LogP contribution in [0, 0.1) is 11.8 Å². The van der Waals surface area contributed by atoms with E-state index < -0.39 is 5.72 Å². The number of alkyl halides is 1. The summed E-state index contributed by atoms with van der Waals surface area (Å²) in [6, 6.07) is 20.7. The van der Waals surface area contributed by atoms with Gasteiger partial charge in [0.05, 0.1) is 6.04 Å². The Kier molecular flexibility index (Phi) is 5.62. The molecule has 2 aliphatic rings. The van der Waals surface area contributed by atoms with Crippen LogP contribution in [0.25, 0.3) is 0 Å². The third-order valence-electron chi connectivity index (χ3n) is 6.41. The molecule has 28 heavy (non-hydrogen) atoms.